The fraction of sp³-hybridized carbons (Fsp3) is 0.250. The smallest absolute Gasteiger partial charge is 0.336 e. The summed E-state index contributed by atoms with van der Waals surface area (Å²) in [5.74, 6) is 0.185. The highest BCUT2D eigenvalue weighted by Gasteiger charge is 2.16. The van der Waals surface area contributed by atoms with Crippen LogP contribution in [0.15, 0.2) is 65.1 Å². The van der Waals surface area contributed by atoms with Gasteiger partial charge in [0.05, 0.1) is 22.9 Å². The number of carboxylic acids is 1. The lowest BCUT2D eigenvalue weighted by atomic mass is 9.99. The number of anilines is 1. The van der Waals surface area contributed by atoms with Gasteiger partial charge in [0.2, 0.25) is 5.96 Å². The first kappa shape index (κ1) is 26.9. The van der Waals surface area contributed by atoms with E-state index in [2.05, 4.69) is 21.2 Å². The number of aromatic nitrogens is 2. The molecule has 4 rings (SSSR count). The van der Waals surface area contributed by atoms with Gasteiger partial charge in [-0.25, -0.2) is 18.2 Å². The molecule has 9 nitrogen and oxygen atoms in total. The predicted molar refractivity (Wildman–Crippen MR) is 151 cm³/mol. The molecular formula is C28H31N5O4S. The van der Waals surface area contributed by atoms with E-state index in [1.807, 2.05) is 55.5 Å². The zero-order valence-electron chi connectivity index (χ0n) is 22.1. The van der Waals surface area contributed by atoms with Crippen molar-refractivity contribution in [1.82, 2.24) is 14.5 Å². The molecule has 3 aromatic carbocycles. The van der Waals surface area contributed by atoms with Crippen molar-refractivity contribution in [2.24, 2.45) is 4.40 Å². The largest absolute Gasteiger partial charge is 0.478 e. The number of aryl methyl sites for hydroxylation is 2. The maximum absolute atomic E-state index is 11.8. The van der Waals surface area contributed by atoms with Crippen LogP contribution < -0.4 is 5.32 Å². The average Bonchev–Trinajstić information content (AvgIpc) is 3.21. The lowest BCUT2D eigenvalue weighted by molar-refractivity contribution is 0.0697. The van der Waals surface area contributed by atoms with Crippen LogP contribution in [-0.4, -0.2) is 60.3 Å². The van der Waals surface area contributed by atoms with Crippen molar-refractivity contribution in [2.45, 2.75) is 26.8 Å². The number of carboxylic acid groups (broad SMARTS) is 1. The van der Waals surface area contributed by atoms with Gasteiger partial charge >= 0.3 is 5.97 Å². The Hall–Kier alpha value is -4.18. The number of guanidine groups is 1. The lowest BCUT2D eigenvalue weighted by Gasteiger charge is -2.18. The number of nitrogens with zero attached hydrogens (tertiary/aromatic N) is 4. The predicted octanol–water partition coefficient (Wildman–Crippen LogP) is 4.61. The van der Waals surface area contributed by atoms with E-state index in [9.17, 15) is 18.3 Å². The van der Waals surface area contributed by atoms with Crippen LogP contribution in [0.4, 0.5) is 5.69 Å². The molecule has 0 aliphatic heterocycles. The molecule has 0 aliphatic carbocycles. The summed E-state index contributed by atoms with van der Waals surface area (Å²) in [5, 5.41) is 12.7. The first-order chi connectivity index (χ1) is 18.0. The number of sulfonamides is 1. The van der Waals surface area contributed by atoms with Gasteiger partial charge in [0.1, 0.15) is 5.82 Å². The molecule has 0 saturated heterocycles. The minimum atomic E-state index is -3.59. The van der Waals surface area contributed by atoms with Gasteiger partial charge in [-0.1, -0.05) is 49.4 Å². The molecule has 0 unspecified atom stereocenters. The number of imidazole rings is 1. The van der Waals surface area contributed by atoms with Crippen LogP contribution in [-0.2, 0) is 23.0 Å². The lowest BCUT2D eigenvalue weighted by Crippen LogP contribution is -2.30. The minimum absolute atomic E-state index is 0.213. The van der Waals surface area contributed by atoms with E-state index >= 15 is 0 Å². The van der Waals surface area contributed by atoms with Crippen molar-refractivity contribution in [1.29, 1.82) is 0 Å². The number of nitrogens with one attached hydrogen (secondary N) is 1. The summed E-state index contributed by atoms with van der Waals surface area (Å²) >= 11 is 0. The topological polar surface area (TPSA) is 117 Å². The third-order valence-electron chi connectivity index (χ3n) is 6.13. The maximum atomic E-state index is 11.8. The second-order valence-electron chi connectivity index (χ2n) is 9.34. The van der Waals surface area contributed by atoms with Crippen molar-refractivity contribution in [3.63, 3.8) is 0 Å². The summed E-state index contributed by atoms with van der Waals surface area (Å²) in [6.07, 6.45) is 1.79. The molecule has 0 atom stereocenters. The Bertz CT molecular complexity index is 1640. The molecule has 4 aromatic rings. The van der Waals surface area contributed by atoms with Crippen LogP contribution in [0.5, 0.6) is 0 Å². The van der Waals surface area contributed by atoms with Gasteiger partial charge in [0.25, 0.3) is 10.0 Å². The van der Waals surface area contributed by atoms with Gasteiger partial charge in [-0.15, -0.1) is 4.40 Å². The summed E-state index contributed by atoms with van der Waals surface area (Å²) in [6.45, 7) is 4.60. The number of hydrogen-bond acceptors (Lipinski definition) is 4. The standard InChI is InChI=1S/C28H31N5O4S/c1-6-25-30-26-18(2)15-21(29-28(32(3)4)31-38(5,36)37)16-24(26)33(25)17-19-11-13-20(14-12-19)22-9-7-8-10-23(22)27(34)35/h7-16H,6,17H2,1-5H3,(H,29,31)(H,34,35). The molecule has 0 fully saturated rings. The Labute approximate surface area is 222 Å². The van der Waals surface area contributed by atoms with Crippen molar-refractivity contribution in [2.75, 3.05) is 25.7 Å². The quantitative estimate of drug-likeness (QED) is 0.263. The van der Waals surface area contributed by atoms with Crippen LogP contribution in [0.1, 0.15) is 34.2 Å². The SMILES string of the molecule is CCc1nc2c(C)cc(NC(=NS(C)(=O)=O)N(C)C)cc2n1Cc1ccc(-c2ccccc2C(=O)O)cc1. The van der Waals surface area contributed by atoms with Crippen LogP contribution in [0, 0.1) is 6.92 Å². The number of aromatic carboxylic acids is 1. The van der Waals surface area contributed by atoms with E-state index in [0.717, 1.165) is 46.2 Å². The number of carbonyl (C=O) groups is 1. The van der Waals surface area contributed by atoms with Crippen molar-refractivity contribution < 1.29 is 18.3 Å². The zero-order valence-corrected chi connectivity index (χ0v) is 22.9. The first-order valence-electron chi connectivity index (χ1n) is 12.1. The highest BCUT2D eigenvalue weighted by Crippen LogP contribution is 2.28. The third kappa shape index (κ3) is 5.86. The normalized spacial score (nSPS) is 12.1. The summed E-state index contributed by atoms with van der Waals surface area (Å²) in [4.78, 5) is 18.1. The van der Waals surface area contributed by atoms with Gasteiger partial charge in [-0.05, 0) is 47.4 Å². The van der Waals surface area contributed by atoms with Crippen molar-refractivity contribution >= 4 is 38.7 Å². The van der Waals surface area contributed by atoms with E-state index in [1.54, 1.807) is 31.1 Å². The third-order valence-corrected chi connectivity index (χ3v) is 6.64. The fourth-order valence-corrected chi connectivity index (χ4v) is 4.88. The average molecular weight is 534 g/mol. The fourth-order valence-electron chi connectivity index (χ4n) is 4.36. The number of hydrogen-bond donors (Lipinski definition) is 2. The van der Waals surface area contributed by atoms with Gasteiger partial charge in [-0.3, -0.25) is 0 Å². The molecule has 1 aromatic heterocycles. The molecular weight excluding hydrogens is 502 g/mol. The molecule has 10 heteroatoms. The van der Waals surface area contributed by atoms with Crippen molar-refractivity contribution in [3.05, 3.63) is 83.2 Å². The highest BCUT2D eigenvalue weighted by atomic mass is 32.2. The molecule has 1 heterocycles. The van der Waals surface area contributed by atoms with E-state index in [-0.39, 0.29) is 11.5 Å². The van der Waals surface area contributed by atoms with Crippen LogP contribution in [0.25, 0.3) is 22.2 Å². The summed E-state index contributed by atoms with van der Waals surface area (Å²) in [5.41, 5.74) is 6.27. The maximum Gasteiger partial charge on any atom is 0.336 e. The summed E-state index contributed by atoms with van der Waals surface area (Å²) in [7, 11) is -0.142. The first-order valence-corrected chi connectivity index (χ1v) is 14.0. The molecule has 0 aliphatic rings. The Morgan fingerprint density at radius 2 is 1.79 bits per heavy atom. The summed E-state index contributed by atoms with van der Waals surface area (Å²) in [6, 6.07) is 18.7. The highest BCUT2D eigenvalue weighted by molar-refractivity contribution is 7.89. The Kier molecular flexibility index (Phi) is 7.54. The molecule has 0 bridgehead atoms. The van der Waals surface area contributed by atoms with Gasteiger partial charge in [0.15, 0.2) is 0 Å². The zero-order chi connectivity index (χ0) is 27.6. The molecule has 198 valence electrons. The van der Waals surface area contributed by atoms with E-state index in [4.69, 9.17) is 4.98 Å². The summed E-state index contributed by atoms with van der Waals surface area (Å²) < 4.78 is 29.5. The van der Waals surface area contributed by atoms with Gasteiger partial charge < -0.3 is 19.9 Å². The molecule has 2 N–H and O–H groups in total. The number of rotatable bonds is 7. The van der Waals surface area contributed by atoms with E-state index < -0.39 is 16.0 Å². The Morgan fingerprint density at radius 3 is 2.39 bits per heavy atom. The Morgan fingerprint density at radius 1 is 1.11 bits per heavy atom. The molecule has 0 spiro atoms. The number of benzene rings is 3. The van der Waals surface area contributed by atoms with Gasteiger partial charge in [0, 0.05) is 32.7 Å². The monoisotopic (exact) mass is 533 g/mol. The molecule has 0 saturated carbocycles. The second-order valence-corrected chi connectivity index (χ2v) is 11.0. The minimum Gasteiger partial charge on any atom is -0.478 e. The molecule has 0 radical (unpaired) electrons. The van der Waals surface area contributed by atoms with E-state index in [0.29, 0.717) is 17.8 Å². The Balaban J connectivity index is 1.71. The van der Waals surface area contributed by atoms with Crippen LogP contribution >= 0.6 is 0 Å². The number of fused-ring (bicyclic) bond motifs is 1. The molecule has 0 amide bonds. The van der Waals surface area contributed by atoms with Crippen LogP contribution in [0.3, 0.4) is 0 Å². The van der Waals surface area contributed by atoms with Crippen molar-refractivity contribution in [3.8, 4) is 11.1 Å². The van der Waals surface area contributed by atoms with Gasteiger partial charge in [-0.2, -0.15) is 0 Å². The van der Waals surface area contributed by atoms with E-state index in [1.165, 1.54) is 0 Å². The second kappa shape index (κ2) is 10.7. The van der Waals surface area contributed by atoms with Crippen LogP contribution in [0.2, 0.25) is 0 Å². The molecule has 38 heavy (non-hydrogen) atoms.